The van der Waals surface area contributed by atoms with Gasteiger partial charge in [-0.15, -0.1) is 5.10 Å². The van der Waals surface area contributed by atoms with Crippen LogP contribution in [0.5, 0.6) is 0 Å². The molecule has 18 heavy (non-hydrogen) atoms. The van der Waals surface area contributed by atoms with Crippen molar-refractivity contribution < 1.29 is 4.39 Å². The quantitative estimate of drug-likeness (QED) is 0.896. The SMILES string of the molecule is CNC(Cc1cn(C)nn1)c1cccc(C)c1F. The molecule has 0 fully saturated rings. The molecule has 1 aromatic carbocycles. The minimum atomic E-state index is -0.152. The molecule has 1 unspecified atom stereocenters. The standard InChI is InChI=1S/C13H17FN4/c1-9-5-4-6-11(13(9)14)12(15-2)7-10-8-18(3)17-16-10/h4-6,8,12,15H,7H2,1-3H3. The summed E-state index contributed by atoms with van der Waals surface area (Å²) in [4.78, 5) is 0. The van der Waals surface area contributed by atoms with E-state index in [-0.39, 0.29) is 11.9 Å². The van der Waals surface area contributed by atoms with E-state index in [0.29, 0.717) is 17.5 Å². The third-order valence-corrected chi connectivity index (χ3v) is 3.01. The largest absolute Gasteiger partial charge is 0.313 e. The normalized spacial score (nSPS) is 12.7. The fourth-order valence-electron chi connectivity index (χ4n) is 2.00. The molecule has 1 N–H and O–H groups in total. The van der Waals surface area contributed by atoms with Gasteiger partial charge >= 0.3 is 0 Å². The number of aromatic nitrogens is 3. The van der Waals surface area contributed by atoms with Crippen molar-refractivity contribution in [2.45, 2.75) is 19.4 Å². The van der Waals surface area contributed by atoms with Crippen molar-refractivity contribution in [3.8, 4) is 0 Å². The van der Waals surface area contributed by atoms with Gasteiger partial charge in [0.25, 0.3) is 0 Å². The van der Waals surface area contributed by atoms with Gasteiger partial charge in [0.1, 0.15) is 5.82 Å². The lowest BCUT2D eigenvalue weighted by Crippen LogP contribution is -2.20. The average Bonchev–Trinajstić information content (AvgIpc) is 2.76. The number of aryl methyl sites for hydroxylation is 2. The van der Waals surface area contributed by atoms with Crippen LogP contribution in [-0.4, -0.2) is 22.0 Å². The Labute approximate surface area is 106 Å². The summed E-state index contributed by atoms with van der Waals surface area (Å²) in [5, 5.41) is 11.0. The first-order valence-electron chi connectivity index (χ1n) is 5.89. The van der Waals surface area contributed by atoms with E-state index in [9.17, 15) is 4.39 Å². The van der Waals surface area contributed by atoms with Crippen LogP contribution in [0.2, 0.25) is 0 Å². The van der Waals surface area contributed by atoms with Gasteiger partial charge in [0, 0.05) is 31.3 Å². The Hall–Kier alpha value is -1.75. The Kier molecular flexibility index (Phi) is 3.72. The molecular formula is C13H17FN4. The Bertz CT molecular complexity index is 536. The Morgan fingerprint density at radius 1 is 1.44 bits per heavy atom. The summed E-state index contributed by atoms with van der Waals surface area (Å²) in [5.74, 6) is -0.152. The van der Waals surface area contributed by atoms with Crippen molar-refractivity contribution in [1.82, 2.24) is 20.3 Å². The maximum absolute atomic E-state index is 14.1. The summed E-state index contributed by atoms with van der Waals surface area (Å²) in [6.45, 7) is 1.77. The summed E-state index contributed by atoms with van der Waals surface area (Å²) >= 11 is 0. The van der Waals surface area contributed by atoms with E-state index in [2.05, 4.69) is 15.6 Å². The number of hydrogen-bond donors (Lipinski definition) is 1. The van der Waals surface area contributed by atoms with Crippen LogP contribution in [0.15, 0.2) is 24.4 Å². The van der Waals surface area contributed by atoms with E-state index in [0.717, 1.165) is 5.69 Å². The highest BCUT2D eigenvalue weighted by Crippen LogP contribution is 2.22. The summed E-state index contributed by atoms with van der Waals surface area (Å²) in [6.07, 6.45) is 2.46. The lowest BCUT2D eigenvalue weighted by molar-refractivity contribution is 0.526. The number of halogens is 1. The van der Waals surface area contributed by atoms with E-state index in [1.165, 1.54) is 0 Å². The highest BCUT2D eigenvalue weighted by atomic mass is 19.1. The average molecular weight is 248 g/mol. The minimum Gasteiger partial charge on any atom is -0.313 e. The molecule has 2 rings (SSSR count). The lowest BCUT2D eigenvalue weighted by Gasteiger charge is -2.16. The number of likely N-dealkylation sites (N-methyl/N-ethyl adjacent to an activating group) is 1. The molecule has 1 atom stereocenters. The maximum atomic E-state index is 14.1. The van der Waals surface area contributed by atoms with Gasteiger partial charge < -0.3 is 5.32 Å². The van der Waals surface area contributed by atoms with Crippen molar-refractivity contribution in [3.05, 3.63) is 47.0 Å². The molecule has 1 aromatic heterocycles. The highest BCUT2D eigenvalue weighted by Gasteiger charge is 2.17. The predicted octanol–water partition coefficient (Wildman–Crippen LogP) is 1.77. The predicted molar refractivity (Wildman–Crippen MR) is 67.6 cm³/mol. The molecule has 4 nitrogen and oxygen atoms in total. The van der Waals surface area contributed by atoms with Gasteiger partial charge in [0.2, 0.25) is 0 Å². The number of hydrogen-bond acceptors (Lipinski definition) is 3. The second kappa shape index (κ2) is 5.27. The summed E-state index contributed by atoms with van der Waals surface area (Å²) in [5.41, 5.74) is 2.17. The molecule has 0 saturated carbocycles. The van der Waals surface area contributed by atoms with E-state index < -0.39 is 0 Å². The monoisotopic (exact) mass is 248 g/mol. The number of nitrogens with one attached hydrogen (secondary N) is 1. The summed E-state index contributed by atoms with van der Waals surface area (Å²) in [6, 6.07) is 5.35. The van der Waals surface area contributed by atoms with Crippen LogP contribution >= 0.6 is 0 Å². The zero-order valence-electron chi connectivity index (χ0n) is 10.8. The smallest absolute Gasteiger partial charge is 0.130 e. The molecule has 0 spiro atoms. The first-order chi connectivity index (χ1) is 8.61. The summed E-state index contributed by atoms with van der Waals surface area (Å²) in [7, 11) is 3.64. The van der Waals surface area contributed by atoms with E-state index in [4.69, 9.17) is 0 Å². The molecule has 0 aliphatic rings. The van der Waals surface area contributed by atoms with Gasteiger partial charge in [-0.25, -0.2) is 4.39 Å². The lowest BCUT2D eigenvalue weighted by atomic mass is 10.00. The van der Waals surface area contributed by atoms with Crippen molar-refractivity contribution >= 4 is 0 Å². The third kappa shape index (κ3) is 2.56. The second-order valence-corrected chi connectivity index (χ2v) is 4.41. The first-order valence-corrected chi connectivity index (χ1v) is 5.89. The highest BCUT2D eigenvalue weighted by molar-refractivity contribution is 5.28. The maximum Gasteiger partial charge on any atom is 0.130 e. The molecular weight excluding hydrogens is 231 g/mol. The van der Waals surface area contributed by atoms with Gasteiger partial charge in [-0.2, -0.15) is 0 Å². The van der Waals surface area contributed by atoms with Gasteiger partial charge in [0.15, 0.2) is 0 Å². The molecule has 0 radical (unpaired) electrons. The molecule has 5 heteroatoms. The van der Waals surface area contributed by atoms with Crippen molar-refractivity contribution in [3.63, 3.8) is 0 Å². The molecule has 1 heterocycles. The topological polar surface area (TPSA) is 42.7 Å². The van der Waals surface area contributed by atoms with Gasteiger partial charge in [-0.3, -0.25) is 4.68 Å². The molecule has 96 valence electrons. The van der Waals surface area contributed by atoms with Crippen molar-refractivity contribution in [1.29, 1.82) is 0 Å². The number of rotatable bonds is 4. The second-order valence-electron chi connectivity index (χ2n) is 4.41. The van der Waals surface area contributed by atoms with Crippen LogP contribution in [0.3, 0.4) is 0 Å². The molecule has 0 saturated heterocycles. The van der Waals surface area contributed by atoms with E-state index in [1.54, 1.807) is 23.7 Å². The van der Waals surface area contributed by atoms with Crippen molar-refractivity contribution in [2.75, 3.05) is 7.05 Å². The fraction of sp³-hybridized carbons (Fsp3) is 0.385. The third-order valence-electron chi connectivity index (χ3n) is 3.01. The van der Waals surface area contributed by atoms with Crippen LogP contribution in [0.1, 0.15) is 22.9 Å². The zero-order valence-corrected chi connectivity index (χ0v) is 10.8. The molecule has 0 amide bonds. The van der Waals surface area contributed by atoms with Crippen LogP contribution in [0.25, 0.3) is 0 Å². The Balaban J connectivity index is 2.25. The van der Waals surface area contributed by atoms with Gasteiger partial charge in [-0.1, -0.05) is 23.4 Å². The molecule has 0 aliphatic carbocycles. The molecule has 0 bridgehead atoms. The fourth-order valence-corrected chi connectivity index (χ4v) is 2.00. The van der Waals surface area contributed by atoms with Crippen LogP contribution in [0.4, 0.5) is 4.39 Å². The number of nitrogens with zero attached hydrogens (tertiary/aromatic N) is 3. The van der Waals surface area contributed by atoms with Crippen LogP contribution in [-0.2, 0) is 13.5 Å². The number of benzene rings is 1. The van der Waals surface area contributed by atoms with Crippen LogP contribution < -0.4 is 5.32 Å². The molecule has 2 aromatic rings. The van der Waals surface area contributed by atoms with E-state index in [1.807, 2.05) is 26.4 Å². The van der Waals surface area contributed by atoms with Crippen molar-refractivity contribution in [2.24, 2.45) is 7.05 Å². The molecule has 0 aliphatic heterocycles. The Morgan fingerprint density at radius 3 is 2.83 bits per heavy atom. The van der Waals surface area contributed by atoms with Gasteiger partial charge in [-0.05, 0) is 19.5 Å². The minimum absolute atomic E-state index is 0.0957. The summed E-state index contributed by atoms with van der Waals surface area (Å²) < 4.78 is 15.7. The zero-order chi connectivity index (χ0) is 13.1. The van der Waals surface area contributed by atoms with Gasteiger partial charge in [0.05, 0.1) is 5.69 Å². The van der Waals surface area contributed by atoms with E-state index >= 15 is 0 Å². The van der Waals surface area contributed by atoms with Crippen LogP contribution in [0, 0.1) is 12.7 Å². The first kappa shape index (κ1) is 12.7. The Morgan fingerprint density at radius 2 is 2.22 bits per heavy atom.